The SMILES string of the molecule is Cn1cc2cc(-c3cc4sc([C@H](O)C56CC(C(F)(F)F)(C5)C6)cc4cn3)cnc2n1. The van der Waals surface area contributed by atoms with E-state index in [1.54, 1.807) is 17.1 Å². The second-order valence-corrected chi connectivity index (χ2v) is 9.88. The van der Waals surface area contributed by atoms with Crippen molar-refractivity contribution in [2.75, 3.05) is 0 Å². The molecule has 5 nitrogen and oxygen atoms in total. The summed E-state index contributed by atoms with van der Waals surface area (Å²) in [7, 11) is 1.84. The van der Waals surface area contributed by atoms with Crippen LogP contribution in [0.15, 0.2) is 36.8 Å². The number of fused-ring (bicyclic) bond motifs is 2. The number of aliphatic hydroxyl groups is 1. The van der Waals surface area contributed by atoms with Gasteiger partial charge in [-0.1, -0.05) is 0 Å². The lowest BCUT2D eigenvalue weighted by atomic mass is 9.33. The first-order valence-electron chi connectivity index (χ1n) is 9.62. The molecule has 3 fully saturated rings. The number of thiophene rings is 1. The molecule has 0 aliphatic heterocycles. The number of pyridine rings is 2. The molecule has 154 valence electrons. The van der Waals surface area contributed by atoms with Crippen molar-refractivity contribution in [1.82, 2.24) is 19.7 Å². The van der Waals surface area contributed by atoms with Gasteiger partial charge in [0.05, 0.1) is 17.2 Å². The zero-order valence-electron chi connectivity index (χ0n) is 15.9. The van der Waals surface area contributed by atoms with Crippen LogP contribution < -0.4 is 0 Å². The van der Waals surface area contributed by atoms with Gasteiger partial charge in [0.2, 0.25) is 0 Å². The molecule has 0 saturated heterocycles. The Morgan fingerprint density at radius 3 is 2.60 bits per heavy atom. The van der Waals surface area contributed by atoms with E-state index in [9.17, 15) is 18.3 Å². The summed E-state index contributed by atoms with van der Waals surface area (Å²) in [5.74, 6) is 0. The summed E-state index contributed by atoms with van der Waals surface area (Å²) < 4.78 is 42.0. The lowest BCUT2D eigenvalue weighted by Crippen LogP contribution is -2.69. The number of hydrogen-bond donors (Lipinski definition) is 1. The smallest absolute Gasteiger partial charge is 0.387 e. The van der Waals surface area contributed by atoms with E-state index in [-0.39, 0.29) is 19.3 Å². The number of aryl methyl sites for hydroxylation is 1. The number of halogens is 3. The highest BCUT2D eigenvalue weighted by Gasteiger charge is 2.80. The molecule has 30 heavy (non-hydrogen) atoms. The molecule has 4 heterocycles. The van der Waals surface area contributed by atoms with Gasteiger partial charge in [-0.2, -0.15) is 18.3 Å². The predicted octanol–water partition coefficient (Wildman–Crippen LogP) is 5.01. The first-order chi connectivity index (χ1) is 14.2. The van der Waals surface area contributed by atoms with E-state index >= 15 is 0 Å². The molecule has 7 rings (SSSR count). The Morgan fingerprint density at radius 1 is 1.10 bits per heavy atom. The number of alkyl halides is 3. The third kappa shape index (κ3) is 2.36. The fourth-order valence-corrected chi connectivity index (χ4v) is 6.38. The average molecular weight is 430 g/mol. The Kier molecular flexibility index (Phi) is 3.40. The molecule has 1 atom stereocenters. The Balaban J connectivity index is 1.30. The highest BCUT2D eigenvalue weighted by Crippen LogP contribution is 2.81. The van der Waals surface area contributed by atoms with Crippen LogP contribution in [0.1, 0.15) is 30.2 Å². The van der Waals surface area contributed by atoms with Crippen LogP contribution in [0.5, 0.6) is 0 Å². The van der Waals surface area contributed by atoms with Crippen molar-refractivity contribution in [3.05, 3.63) is 41.7 Å². The first kappa shape index (κ1) is 18.3. The van der Waals surface area contributed by atoms with E-state index in [2.05, 4.69) is 15.1 Å². The van der Waals surface area contributed by atoms with Crippen LogP contribution in [-0.2, 0) is 7.05 Å². The monoisotopic (exact) mass is 430 g/mol. The minimum atomic E-state index is -4.17. The van der Waals surface area contributed by atoms with E-state index in [4.69, 9.17) is 0 Å². The Labute approximate surface area is 173 Å². The van der Waals surface area contributed by atoms with Crippen LogP contribution in [0, 0.1) is 10.8 Å². The molecule has 2 bridgehead atoms. The summed E-state index contributed by atoms with van der Waals surface area (Å²) >= 11 is 1.42. The summed E-state index contributed by atoms with van der Waals surface area (Å²) in [5.41, 5.74) is 0.0999. The lowest BCUT2D eigenvalue weighted by molar-refractivity contribution is -0.382. The summed E-state index contributed by atoms with van der Waals surface area (Å²) in [6, 6.07) is 5.77. The van der Waals surface area contributed by atoms with Crippen LogP contribution in [0.2, 0.25) is 0 Å². The quantitative estimate of drug-likeness (QED) is 0.496. The van der Waals surface area contributed by atoms with Crippen LogP contribution in [0.25, 0.3) is 32.4 Å². The molecular formula is C21H17F3N4OS. The third-order valence-electron chi connectivity index (χ3n) is 6.71. The summed E-state index contributed by atoms with van der Waals surface area (Å²) in [5, 5.41) is 16.9. The second-order valence-electron chi connectivity index (χ2n) is 8.77. The lowest BCUT2D eigenvalue weighted by Gasteiger charge is -2.71. The van der Waals surface area contributed by atoms with Gasteiger partial charge in [-0.15, -0.1) is 11.3 Å². The Bertz CT molecular complexity index is 1310. The van der Waals surface area contributed by atoms with Crippen molar-refractivity contribution in [2.45, 2.75) is 31.5 Å². The minimum Gasteiger partial charge on any atom is -0.387 e. The van der Waals surface area contributed by atoms with E-state index in [0.29, 0.717) is 10.5 Å². The first-order valence-corrected chi connectivity index (χ1v) is 10.4. The van der Waals surface area contributed by atoms with Crippen molar-refractivity contribution in [2.24, 2.45) is 17.9 Å². The van der Waals surface area contributed by atoms with Gasteiger partial charge < -0.3 is 5.11 Å². The number of nitrogens with zero attached hydrogens (tertiary/aromatic N) is 4. The highest BCUT2D eigenvalue weighted by molar-refractivity contribution is 7.19. The van der Waals surface area contributed by atoms with E-state index in [0.717, 1.165) is 26.7 Å². The van der Waals surface area contributed by atoms with Gasteiger partial charge in [0, 0.05) is 57.0 Å². The molecule has 0 radical (unpaired) electrons. The molecule has 0 unspecified atom stereocenters. The van der Waals surface area contributed by atoms with E-state index < -0.39 is 23.1 Å². The molecular weight excluding hydrogens is 413 g/mol. The standard InChI is InChI=1S/C21H17F3N4OS/c1-28-7-13-2-11(5-26-18(13)27-28)14-4-15-12(6-25-14)3-16(30-15)17(29)19-8-20(9-19,10-19)21(22,23)24/h2-7,17,29H,8-10H2,1H3/t17-,19?,20?/m0/s1. The Morgan fingerprint density at radius 2 is 1.87 bits per heavy atom. The molecule has 3 saturated carbocycles. The molecule has 9 heteroatoms. The number of aromatic nitrogens is 4. The van der Waals surface area contributed by atoms with Crippen molar-refractivity contribution in [3.63, 3.8) is 0 Å². The maximum atomic E-state index is 13.1. The predicted molar refractivity (Wildman–Crippen MR) is 107 cm³/mol. The zero-order chi connectivity index (χ0) is 20.9. The largest absolute Gasteiger partial charge is 0.394 e. The molecule has 4 aromatic heterocycles. The molecule has 1 N–H and O–H groups in total. The molecule has 3 aliphatic carbocycles. The maximum Gasteiger partial charge on any atom is 0.394 e. The average Bonchev–Trinajstić information content (AvgIpc) is 3.18. The van der Waals surface area contributed by atoms with Crippen LogP contribution >= 0.6 is 11.3 Å². The van der Waals surface area contributed by atoms with Crippen molar-refractivity contribution in [3.8, 4) is 11.3 Å². The van der Waals surface area contributed by atoms with Crippen LogP contribution in [0.4, 0.5) is 13.2 Å². The van der Waals surface area contributed by atoms with Gasteiger partial charge in [-0.25, -0.2) is 4.98 Å². The Hall–Kier alpha value is -2.52. The molecule has 0 aromatic carbocycles. The van der Waals surface area contributed by atoms with Crippen molar-refractivity contribution < 1.29 is 18.3 Å². The van der Waals surface area contributed by atoms with Gasteiger partial charge in [0.25, 0.3) is 0 Å². The molecule has 0 spiro atoms. The third-order valence-corrected chi connectivity index (χ3v) is 7.86. The topological polar surface area (TPSA) is 63.8 Å². The normalized spacial score (nSPS) is 26.6. The van der Waals surface area contributed by atoms with E-state index in [1.165, 1.54) is 11.3 Å². The van der Waals surface area contributed by atoms with Gasteiger partial charge in [-0.05, 0) is 37.5 Å². The number of rotatable bonds is 3. The molecule has 4 aromatic rings. The van der Waals surface area contributed by atoms with Crippen molar-refractivity contribution in [1.29, 1.82) is 0 Å². The van der Waals surface area contributed by atoms with Gasteiger partial charge in [-0.3, -0.25) is 9.67 Å². The summed E-state index contributed by atoms with van der Waals surface area (Å²) in [4.78, 5) is 9.60. The summed E-state index contributed by atoms with van der Waals surface area (Å²) in [6.07, 6.45) is 0.404. The second kappa shape index (κ2) is 5.59. The fourth-order valence-electron chi connectivity index (χ4n) is 5.18. The van der Waals surface area contributed by atoms with Gasteiger partial charge in [0.1, 0.15) is 0 Å². The highest BCUT2D eigenvalue weighted by atomic mass is 32.1. The molecule has 0 amide bonds. The van der Waals surface area contributed by atoms with Crippen LogP contribution in [0.3, 0.4) is 0 Å². The zero-order valence-corrected chi connectivity index (χ0v) is 16.8. The molecule has 3 aliphatic rings. The fraction of sp³-hybridized carbons (Fsp3) is 0.381. The van der Waals surface area contributed by atoms with Gasteiger partial charge >= 0.3 is 6.18 Å². The van der Waals surface area contributed by atoms with Gasteiger partial charge in [0.15, 0.2) is 5.65 Å². The van der Waals surface area contributed by atoms with Crippen molar-refractivity contribution >= 4 is 32.5 Å². The van der Waals surface area contributed by atoms with Crippen LogP contribution in [-0.4, -0.2) is 31.0 Å². The number of aliphatic hydroxyl groups excluding tert-OH is 1. The van der Waals surface area contributed by atoms with E-state index in [1.807, 2.05) is 31.4 Å². The minimum absolute atomic E-state index is 0.0270. The summed E-state index contributed by atoms with van der Waals surface area (Å²) in [6.45, 7) is 0. The maximum absolute atomic E-state index is 13.1. The number of hydrogen-bond acceptors (Lipinski definition) is 5.